The summed E-state index contributed by atoms with van der Waals surface area (Å²) >= 11 is 0. The number of amides is 1. The molecule has 1 unspecified atom stereocenters. The van der Waals surface area contributed by atoms with Crippen molar-refractivity contribution in [1.82, 2.24) is 5.32 Å². The molecule has 2 aromatic rings. The lowest BCUT2D eigenvalue weighted by molar-refractivity contribution is -0.138. The van der Waals surface area contributed by atoms with Crippen LogP contribution in [-0.2, 0) is 17.8 Å². The van der Waals surface area contributed by atoms with Crippen LogP contribution < -0.4 is 11.1 Å². The minimum atomic E-state index is -1.04. The van der Waals surface area contributed by atoms with E-state index < -0.39 is 17.8 Å². The Morgan fingerprint density at radius 1 is 1.13 bits per heavy atom. The van der Waals surface area contributed by atoms with Gasteiger partial charge in [0, 0.05) is 12.1 Å². The Hall–Kier alpha value is -2.73. The van der Waals surface area contributed by atoms with Crippen LogP contribution in [0.3, 0.4) is 0 Å². The first kappa shape index (κ1) is 16.6. The number of carbonyl (C=O) groups is 2. The highest BCUT2D eigenvalue weighted by atomic mass is 19.1. The molecule has 5 nitrogen and oxygen atoms in total. The fraction of sp³-hybridized carbons (Fsp3) is 0.176. The molecule has 0 aliphatic carbocycles. The van der Waals surface area contributed by atoms with E-state index in [9.17, 15) is 14.0 Å². The summed E-state index contributed by atoms with van der Waals surface area (Å²) in [6, 6.07) is 11.6. The van der Waals surface area contributed by atoms with E-state index in [1.807, 2.05) is 0 Å². The van der Waals surface area contributed by atoms with Gasteiger partial charge in [-0.2, -0.15) is 0 Å². The smallest absolute Gasteiger partial charge is 0.320 e. The molecule has 0 aliphatic heterocycles. The number of aliphatic carboxylic acids is 1. The fourth-order valence-electron chi connectivity index (χ4n) is 2.05. The van der Waals surface area contributed by atoms with Crippen LogP contribution in [0.4, 0.5) is 4.39 Å². The molecule has 0 spiro atoms. The van der Waals surface area contributed by atoms with Gasteiger partial charge in [-0.3, -0.25) is 9.59 Å². The highest BCUT2D eigenvalue weighted by Crippen LogP contribution is 2.08. The molecule has 0 saturated heterocycles. The number of nitrogens with two attached hydrogens (primary N) is 1. The van der Waals surface area contributed by atoms with Crippen molar-refractivity contribution in [3.8, 4) is 0 Å². The zero-order valence-corrected chi connectivity index (χ0v) is 12.3. The van der Waals surface area contributed by atoms with Gasteiger partial charge in [0.1, 0.15) is 11.9 Å². The predicted octanol–water partition coefficient (Wildman–Crippen LogP) is 1.71. The number of rotatable bonds is 6. The Morgan fingerprint density at radius 3 is 2.39 bits per heavy atom. The van der Waals surface area contributed by atoms with Crippen molar-refractivity contribution in [2.24, 2.45) is 5.73 Å². The van der Waals surface area contributed by atoms with Gasteiger partial charge < -0.3 is 16.2 Å². The number of hydrogen-bond acceptors (Lipinski definition) is 3. The van der Waals surface area contributed by atoms with Crippen LogP contribution in [-0.4, -0.2) is 23.0 Å². The van der Waals surface area contributed by atoms with Crippen molar-refractivity contribution >= 4 is 11.9 Å². The maximum absolute atomic E-state index is 13.1. The maximum atomic E-state index is 13.1. The van der Waals surface area contributed by atoms with Gasteiger partial charge in [-0.05, 0) is 35.7 Å². The fourth-order valence-corrected chi connectivity index (χ4v) is 2.05. The molecule has 1 atom stereocenters. The van der Waals surface area contributed by atoms with E-state index in [1.54, 1.807) is 24.3 Å². The second-order valence-electron chi connectivity index (χ2n) is 5.16. The monoisotopic (exact) mass is 316 g/mol. The highest BCUT2D eigenvalue weighted by molar-refractivity contribution is 5.94. The SMILES string of the molecule is NC(Cc1ccc(CNC(=O)c2cccc(F)c2)cc1)C(=O)O. The zero-order valence-electron chi connectivity index (χ0n) is 12.3. The molecule has 0 heterocycles. The number of carboxylic acids is 1. The van der Waals surface area contributed by atoms with Crippen molar-refractivity contribution in [3.05, 3.63) is 71.0 Å². The molecule has 1 amide bonds. The average Bonchev–Trinajstić information content (AvgIpc) is 2.53. The Morgan fingerprint density at radius 2 is 1.78 bits per heavy atom. The van der Waals surface area contributed by atoms with Crippen molar-refractivity contribution < 1.29 is 19.1 Å². The summed E-state index contributed by atoms with van der Waals surface area (Å²) in [4.78, 5) is 22.6. The Balaban J connectivity index is 1.91. The number of benzene rings is 2. The molecule has 2 rings (SSSR count). The first-order chi connectivity index (χ1) is 11.0. The van der Waals surface area contributed by atoms with E-state index in [0.717, 1.165) is 11.1 Å². The van der Waals surface area contributed by atoms with Crippen LogP contribution in [0.5, 0.6) is 0 Å². The molecular weight excluding hydrogens is 299 g/mol. The Labute approximate surface area is 132 Å². The topological polar surface area (TPSA) is 92.4 Å². The second-order valence-corrected chi connectivity index (χ2v) is 5.16. The van der Waals surface area contributed by atoms with E-state index in [4.69, 9.17) is 10.8 Å². The van der Waals surface area contributed by atoms with Crippen molar-refractivity contribution in [2.75, 3.05) is 0 Å². The second kappa shape index (κ2) is 7.51. The quantitative estimate of drug-likeness (QED) is 0.756. The predicted molar refractivity (Wildman–Crippen MR) is 83.3 cm³/mol. The molecule has 4 N–H and O–H groups in total. The maximum Gasteiger partial charge on any atom is 0.320 e. The largest absolute Gasteiger partial charge is 0.480 e. The van der Waals surface area contributed by atoms with Crippen molar-refractivity contribution in [1.29, 1.82) is 0 Å². The van der Waals surface area contributed by atoms with Gasteiger partial charge in [-0.1, -0.05) is 30.3 Å². The standard InChI is InChI=1S/C17H17FN2O3/c18-14-3-1-2-13(9-14)16(21)20-10-12-6-4-11(5-7-12)8-15(19)17(22)23/h1-7,9,15H,8,10,19H2,(H,20,21)(H,22,23). The third kappa shape index (κ3) is 4.89. The van der Waals surface area contributed by atoms with Gasteiger partial charge in [0.05, 0.1) is 0 Å². The molecule has 0 radical (unpaired) electrons. The number of nitrogens with one attached hydrogen (secondary N) is 1. The van der Waals surface area contributed by atoms with E-state index in [-0.39, 0.29) is 17.9 Å². The van der Waals surface area contributed by atoms with Crippen LogP contribution in [0, 0.1) is 5.82 Å². The lowest BCUT2D eigenvalue weighted by atomic mass is 10.0. The zero-order chi connectivity index (χ0) is 16.8. The van der Waals surface area contributed by atoms with E-state index >= 15 is 0 Å². The summed E-state index contributed by atoms with van der Waals surface area (Å²) < 4.78 is 13.1. The van der Waals surface area contributed by atoms with Gasteiger partial charge in [0.25, 0.3) is 5.91 Å². The van der Waals surface area contributed by atoms with Crippen LogP contribution >= 0.6 is 0 Å². The number of hydrogen-bond donors (Lipinski definition) is 3. The molecule has 0 saturated carbocycles. The van der Waals surface area contributed by atoms with Crippen LogP contribution in [0.15, 0.2) is 48.5 Å². The summed E-state index contributed by atoms with van der Waals surface area (Å²) in [5, 5.41) is 11.5. The molecule has 0 aromatic heterocycles. The summed E-state index contributed by atoms with van der Waals surface area (Å²) in [5.74, 6) is -1.87. The van der Waals surface area contributed by atoms with Gasteiger partial charge in [0.15, 0.2) is 0 Å². The number of carboxylic acid groups (broad SMARTS) is 1. The van der Waals surface area contributed by atoms with E-state index in [2.05, 4.69) is 5.32 Å². The van der Waals surface area contributed by atoms with Crippen molar-refractivity contribution in [2.45, 2.75) is 19.0 Å². The summed E-state index contributed by atoms with van der Waals surface area (Å²) in [6.07, 6.45) is 0.241. The molecule has 23 heavy (non-hydrogen) atoms. The van der Waals surface area contributed by atoms with E-state index in [0.29, 0.717) is 6.54 Å². The normalized spacial score (nSPS) is 11.7. The molecule has 0 bridgehead atoms. The van der Waals surface area contributed by atoms with Gasteiger partial charge in [0.2, 0.25) is 0 Å². The third-order valence-corrected chi connectivity index (χ3v) is 3.34. The molecule has 120 valence electrons. The van der Waals surface area contributed by atoms with Crippen LogP contribution in [0.1, 0.15) is 21.5 Å². The summed E-state index contributed by atoms with van der Waals surface area (Å²) in [6.45, 7) is 0.292. The first-order valence-electron chi connectivity index (χ1n) is 7.05. The summed E-state index contributed by atoms with van der Waals surface area (Å²) in [5.41, 5.74) is 7.39. The van der Waals surface area contributed by atoms with Crippen molar-refractivity contribution in [3.63, 3.8) is 0 Å². The molecule has 6 heteroatoms. The number of carbonyl (C=O) groups excluding carboxylic acids is 1. The van der Waals surface area contributed by atoms with Gasteiger partial charge >= 0.3 is 5.97 Å². The Kier molecular flexibility index (Phi) is 5.43. The molecular formula is C17H17FN2O3. The minimum absolute atomic E-state index is 0.241. The lowest BCUT2D eigenvalue weighted by Crippen LogP contribution is -2.32. The molecule has 2 aromatic carbocycles. The average molecular weight is 316 g/mol. The van der Waals surface area contributed by atoms with Gasteiger partial charge in [-0.25, -0.2) is 4.39 Å². The molecule has 0 aliphatic rings. The first-order valence-corrected chi connectivity index (χ1v) is 7.05. The number of halogens is 1. The highest BCUT2D eigenvalue weighted by Gasteiger charge is 2.12. The lowest BCUT2D eigenvalue weighted by Gasteiger charge is -2.08. The van der Waals surface area contributed by atoms with Crippen LogP contribution in [0.2, 0.25) is 0 Å². The molecule has 0 fully saturated rings. The van der Waals surface area contributed by atoms with Crippen LogP contribution in [0.25, 0.3) is 0 Å². The van der Waals surface area contributed by atoms with Gasteiger partial charge in [-0.15, -0.1) is 0 Å². The third-order valence-electron chi connectivity index (χ3n) is 3.34. The Bertz CT molecular complexity index is 701. The summed E-state index contributed by atoms with van der Waals surface area (Å²) in [7, 11) is 0. The van der Waals surface area contributed by atoms with E-state index in [1.165, 1.54) is 24.3 Å². The minimum Gasteiger partial charge on any atom is -0.480 e.